The molecule has 0 spiro atoms. The molecule has 0 unspecified atom stereocenters. The highest BCUT2D eigenvalue weighted by Gasteiger charge is 2.35. The number of rotatable bonds is 7. The summed E-state index contributed by atoms with van der Waals surface area (Å²) in [5.74, 6) is -0.683. The molecular weight excluding hydrogens is 489 g/mol. The maximum Gasteiger partial charge on any atom is 0.421 e. The van der Waals surface area contributed by atoms with Gasteiger partial charge < -0.3 is 16.0 Å². The molecule has 1 aromatic carbocycles. The number of anilines is 5. The first kappa shape index (κ1) is 24.1. The number of amides is 1. The van der Waals surface area contributed by atoms with E-state index in [0.29, 0.717) is 17.6 Å². The molecule has 0 atom stereocenters. The third kappa shape index (κ3) is 5.56. The monoisotopic (exact) mass is 508 g/mol. The van der Waals surface area contributed by atoms with Crippen LogP contribution in [0.5, 0.6) is 0 Å². The van der Waals surface area contributed by atoms with Crippen LogP contribution in [0.2, 0.25) is 0 Å². The lowest BCUT2D eigenvalue weighted by Gasteiger charge is -2.17. The molecule has 3 aromatic rings. The molecule has 2 aromatic heterocycles. The molecule has 0 saturated carbocycles. The number of carbonyl (C=O) groups excluding carboxylic acids is 1. The molecule has 35 heavy (non-hydrogen) atoms. The van der Waals surface area contributed by atoms with Crippen LogP contribution in [0.15, 0.2) is 36.8 Å². The van der Waals surface area contributed by atoms with Gasteiger partial charge in [-0.2, -0.15) is 18.2 Å². The van der Waals surface area contributed by atoms with Gasteiger partial charge in [-0.05, 0) is 23.8 Å². The Morgan fingerprint density at radius 3 is 2.66 bits per heavy atom. The van der Waals surface area contributed by atoms with Crippen LogP contribution >= 0.6 is 0 Å². The Balaban J connectivity index is 1.57. The van der Waals surface area contributed by atoms with Crippen molar-refractivity contribution in [2.45, 2.75) is 19.1 Å². The van der Waals surface area contributed by atoms with Gasteiger partial charge in [0.1, 0.15) is 23.5 Å². The first-order valence-corrected chi connectivity index (χ1v) is 11.9. The Morgan fingerprint density at radius 2 is 1.94 bits per heavy atom. The lowest BCUT2D eigenvalue weighted by atomic mass is 10.1. The number of hydrogen-bond donors (Lipinski definition) is 3. The summed E-state index contributed by atoms with van der Waals surface area (Å²) in [6.07, 6.45) is -1.78. The molecule has 1 amide bonds. The summed E-state index contributed by atoms with van der Waals surface area (Å²) in [5.41, 5.74) is 1.05. The topological polar surface area (TPSA) is 142 Å². The van der Waals surface area contributed by atoms with E-state index in [-0.39, 0.29) is 36.3 Å². The number of nitrogens with one attached hydrogen (secondary N) is 3. The minimum atomic E-state index is -4.73. The smallest absolute Gasteiger partial charge is 0.364 e. The van der Waals surface area contributed by atoms with Gasteiger partial charge >= 0.3 is 6.18 Å². The van der Waals surface area contributed by atoms with Gasteiger partial charge in [0.15, 0.2) is 0 Å². The minimum Gasteiger partial charge on any atom is -0.364 e. The quantitative estimate of drug-likeness (QED) is 0.439. The Hall–Kier alpha value is -4.01. The van der Waals surface area contributed by atoms with Crippen molar-refractivity contribution in [3.63, 3.8) is 0 Å². The summed E-state index contributed by atoms with van der Waals surface area (Å²) in [4.78, 5) is 27.1. The predicted molar refractivity (Wildman–Crippen MR) is 122 cm³/mol. The van der Waals surface area contributed by atoms with E-state index >= 15 is 0 Å². The standard InChI is InChI=1S/C20H19F3N8O3S/c1-31(35(2,33)34)16-7-13(26-10-27-16)8-24-18-14(20(21,22)23)9-25-19(30-18)28-12-3-4-15-11(5-12)6-17(32)29-15/h3-5,7,9-10H,6,8H2,1-2H3,(H,29,32)(H2,24,25,28,30). The highest BCUT2D eigenvalue weighted by molar-refractivity contribution is 7.92. The number of carbonyl (C=O) groups is 1. The fourth-order valence-electron chi connectivity index (χ4n) is 3.22. The number of nitrogens with zero attached hydrogens (tertiary/aromatic N) is 5. The third-order valence-corrected chi connectivity index (χ3v) is 6.23. The maximum atomic E-state index is 13.5. The Labute approximate surface area is 197 Å². The average molecular weight is 508 g/mol. The number of benzene rings is 1. The van der Waals surface area contributed by atoms with Crippen LogP contribution in [0.1, 0.15) is 16.8 Å². The second-order valence-corrected chi connectivity index (χ2v) is 9.64. The summed E-state index contributed by atoms with van der Waals surface area (Å²) in [6, 6.07) is 6.33. The molecule has 4 rings (SSSR count). The lowest BCUT2D eigenvalue weighted by Crippen LogP contribution is -2.26. The van der Waals surface area contributed by atoms with Crippen molar-refractivity contribution in [2.24, 2.45) is 0 Å². The molecule has 0 fully saturated rings. The van der Waals surface area contributed by atoms with E-state index in [2.05, 4.69) is 35.9 Å². The molecule has 184 valence electrons. The molecule has 0 radical (unpaired) electrons. The van der Waals surface area contributed by atoms with E-state index in [4.69, 9.17) is 0 Å². The SMILES string of the molecule is CN(c1cc(CNc2nc(Nc3ccc4c(c3)CC(=O)N4)ncc2C(F)(F)F)ncn1)S(C)(=O)=O. The van der Waals surface area contributed by atoms with Crippen molar-refractivity contribution in [3.05, 3.63) is 53.6 Å². The van der Waals surface area contributed by atoms with E-state index in [0.717, 1.165) is 22.5 Å². The van der Waals surface area contributed by atoms with Gasteiger partial charge in [-0.25, -0.2) is 23.4 Å². The van der Waals surface area contributed by atoms with Gasteiger partial charge in [0, 0.05) is 30.7 Å². The van der Waals surface area contributed by atoms with Gasteiger partial charge in [0.05, 0.1) is 24.9 Å². The van der Waals surface area contributed by atoms with Gasteiger partial charge in [0.2, 0.25) is 21.9 Å². The number of fused-ring (bicyclic) bond motifs is 1. The van der Waals surface area contributed by atoms with Crippen molar-refractivity contribution in [1.82, 2.24) is 19.9 Å². The molecule has 11 nitrogen and oxygen atoms in total. The Kier molecular flexibility index (Phi) is 6.19. The van der Waals surface area contributed by atoms with E-state index in [1.54, 1.807) is 18.2 Å². The van der Waals surface area contributed by atoms with E-state index in [9.17, 15) is 26.4 Å². The number of sulfonamides is 1. The third-order valence-electron chi connectivity index (χ3n) is 5.05. The summed E-state index contributed by atoms with van der Waals surface area (Å²) in [6.45, 7) is -0.195. The summed E-state index contributed by atoms with van der Waals surface area (Å²) in [7, 11) is -2.29. The summed E-state index contributed by atoms with van der Waals surface area (Å²) >= 11 is 0. The number of alkyl halides is 3. The summed E-state index contributed by atoms with van der Waals surface area (Å²) in [5, 5.41) is 8.12. The second-order valence-electron chi connectivity index (χ2n) is 7.63. The number of halogens is 3. The second kappa shape index (κ2) is 8.98. The van der Waals surface area contributed by atoms with Crippen molar-refractivity contribution >= 4 is 44.9 Å². The zero-order valence-electron chi connectivity index (χ0n) is 18.4. The fraction of sp³-hybridized carbons (Fsp3) is 0.250. The first-order valence-electron chi connectivity index (χ1n) is 10.0. The average Bonchev–Trinajstić information content (AvgIpc) is 3.15. The van der Waals surface area contributed by atoms with Crippen LogP contribution in [0.3, 0.4) is 0 Å². The largest absolute Gasteiger partial charge is 0.421 e. The number of hydrogen-bond acceptors (Lipinski definition) is 9. The van der Waals surface area contributed by atoms with Crippen molar-refractivity contribution in [3.8, 4) is 0 Å². The minimum absolute atomic E-state index is 0.0602. The Bertz CT molecular complexity index is 1400. The highest BCUT2D eigenvalue weighted by atomic mass is 32.2. The van der Waals surface area contributed by atoms with Gasteiger partial charge in [-0.3, -0.25) is 9.10 Å². The van der Waals surface area contributed by atoms with Crippen LogP contribution in [-0.2, 0) is 34.0 Å². The lowest BCUT2D eigenvalue weighted by molar-refractivity contribution is -0.137. The van der Waals surface area contributed by atoms with Crippen molar-refractivity contribution < 1.29 is 26.4 Å². The molecule has 3 N–H and O–H groups in total. The highest BCUT2D eigenvalue weighted by Crippen LogP contribution is 2.34. The van der Waals surface area contributed by atoms with Crippen molar-refractivity contribution in [1.29, 1.82) is 0 Å². The summed E-state index contributed by atoms with van der Waals surface area (Å²) < 4.78 is 65.0. The van der Waals surface area contributed by atoms with Crippen LogP contribution in [0.25, 0.3) is 0 Å². The number of aromatic nitrogens is 4. The maximum absolute atomic E-state index is 13.5. The fourth-order valence-corrected chi connectivity index (χ4v) is 3.66. The van der Waals surface area contributed by atoms with Crippen LogP contribution in [0, 0.1) is 0 Å². The molecule has 0 aliphatic carbocycles. The van der Waals surface area contributed by atoms with Crippen molar-refractivity contribution in [2.75, 3.05) is 33.6 Å². The molecule has 15 heteroatoms. The van der Waals surface area contributed by atoms with Crippen LogP contribution in [-0.4, -0.2) is 47.6 Å². The predicted octanol–water partition coefficient (Wildman–Crippen LogP) is 2.53. The van der Waals surface area contributed by atoms with Crippen LogP contribution < -0.4 is 20.3 Å². The zero-order valence-corrected chi connectivity index (χ0v) is 19.2. The van der Waals surface area contributed by atoms with E-state index < -0.39 is 27.6 Å². The normalized spacial score (nSPS) is 13.2. The van der Waals surface area contributed by atoms with Crippen LogP contribution in [0.4, 0.5) is 42.1 Å². The van der Waals surface area contributed by atoms with E-state index in [1.165, 1.54) is 13.1 Å². The molecule has 1 aliphatic rings. The van der Waals surface area contributed by atoms with Gasteiger partial charge in [0.25, 0.3) is 0 Å². The molecule has 3 heterocycles. The Morgan fingerprint density at radius 1 is 1.17 bits per heavy atom. The first-order chi connectivity index (χ1) is 16.4. The van der Waals surface area contributed by atoms with Gasteiger partial charge in [-0.15, -0.1) is 0 Å². The van der Waals surface area contributed by atoms with E-state index in [1.807, 2.05) is 0 Å². The van der Waals surface area contributed by atoms with Gasteiger partial charge in [-0.1, -0.05) is 0 Å². The molecular formula is C20H19F3N8O3S. The molecule has 1 aliphatic heterocycles. The zero-order chi connectivity index (χ0) is 25.4. The molecule has 0 bridgehead atoms. The molecule has 0 saturated heterocycles.